The molecule has 5 heteroatoms. The molecule has 3 aromatic rings. The maximum Gasteiger partial charge on any atom is 0.271 e. The highest BCUT2D eigenvalue weighted by Gasteiger charge is 2.08. The van der Waals surface area contributed by atoms with Crippen molar-refractivity contribution < 1.29 is 4.79 Å². The van der Waals surface area contributed by atoms with E-state index in [1.165, 1.54) is 6.21 Å². The molecule has 0 spiro atoms. The van der Waals surface area contributed by atoms with E-state index in [-0.39, 0.29) is 5.91 Å². The number of fused-ring (bicyclic) bond motifs is 1. The van der Waals surface area contributed by atoms with Crippen molar-refractivity contribution in [3.8, 4) is 0 Å². The lowest BCUT2D eigenvalue weighted by molar-refractivity contribution is 0.0957. The number of hydrogen-bond acceptors (Lipinski definition) is 2. The highest BCUT2D eigenvalue weighted by Crippen LogP contribution is 2.22. The predicted octanol–water partition coefficient (Wildman–Crippen LogP) is 4.91. The Kier molecular flexibility index (Phi) is 4.60. The summed E-state index contributed by atoms with van der Waals surface area (Å²) < 4.78 is 0. The fourth-order valence-electron chi connectivity index (χ4n) is 2.24. The minimum absolute atomic E-state index is 0.266. The first kappa shape index (κ1) is 15.5. The monoisotopic (exact) mass is 342 g/mol. The Morgan fingerprint density at radius 3 is 2.57 bits per heavy atom. The minimum Gasteiger partial charge on any atom is -0.267 e. The van der Waals surface area contributed by atoms with Gasteiger partial charge in [-0.2, -0.15) is 5.10 Å². The molecule has 3 rings (SSSR count). The molecule has 0 fully saturated rings. The number of halogens is 2. The molecule has 3 nitrogen and oxygen atoms in total. The number of nitrogens with one attached hydrogen (secondary N) is 1. The lowest BCUT2D eigenvalue weighted by Gasteiger charge is -2.04. The number of nitrogens with zero attached hydrogens (tertiary/aromatic N) is 1. The van der Waals surface area contributed by atoms with E-state index in [1.807, 2.05) is 36.4 Å². The molecule has 0 aliphatic rings. The van der Waals surface area contributed by atoms with Gasteiger partial charge in [0.15, 0.2) is 0 Å². The lowest BCUT2D eigenvalue weighted by Crippen LogP contribution is -2.17. The first-order valence-electron chi connectivity index (χ1n) is 6.91. The van der Waals surface area contributed by atoms with Crippen LogP contribution >= 0.6 is 23.2 Å². The summed E-state index contributed by atoms with van der Waals surface area (Å²) in [4.78, 5) is 12.3. The zero-order valence-electron chi connectivity index (χ0n) is 12.0. The molecule has 0 aliphatic heterocycles. The molecule has 0 radical (unpaired) electrons. The number of hydrogen-bond donors (Lipinski definition) is 1. The third-order valence-electron chi connectivity index (χ3n) is 3.36. The summed E-state index contributed by atoms with van der Waals surface area (Å²) in [7, 11) is 0. The molecule has 0 bridgehead atoms. The van der Waals surface area contributed by atoms with Gasteiger partial charge in [0.2, 0.25) is 0 Å². The molecule has 114 valence electrons. The summed E-state index contributed by atoms with van der Waals surface area (Å²) in [5, 5.41) is 6.78. The topological polar surface area (TPSA) is 41.5 Å². The molecular weight excluding hydrogens is 331 g/mol. The Morgan fingerprint density at radius 1 is 0.957 bits per heavy atom. The highest BCUT2D eigenvalue weighted by atomic mass is 35.5. The van der Waals surface area contributed by atoms with Gasteiger partial charge in [0.05, 0.1) is 16.3 Å². The molecule has 1 amide bonds. The van der Waals surface area contributed by atoms with E-state index in [9.17, 15) is 4.79 Å². The third kappa shape index (κ3) is 3.52. The standard InChI is InChI=1S/C18H12Cl2N2O/c19-16-9-8-12(10-17(16)20)11-21-22-18(23)15-7-3-5-13-4-1-2-6-14(13)15/h1-11H,(H,22,23)/b21-11+. The number of carbonyl (C=O) groups excluding carboxylic acids is 1. The second-order valence-electron chi connectivity index (χ2n) is 4.90. The Balaban J connectivity index is 1.78. The molecule has 0 unspecified atom stereocenters. The molecule has 23 heavy (non-hydrogen) atoms. The van der Waals surface area contributed by atoms with Crippen LogP contribution in [0.3, 0.4) is 0 Å². The van der Waals surface area contributed by atoms with Gasteiger partial charge in [0, 0.05) is 5.56 Å². The van der Waals surface area contributed by atoms with E-state index in [0.717, 1.165) is 16.3 Å². The fourth-order valence-corrected chi connectivity index (χ4v) is 2.55. The Labute approximate surface area is 143 Å². The quantitative estimate of drug-likeness (QED) is 0.533. The summed E-state index contributed by atoms with van der Waals surface area (Å²) >= 11 is 11.8. The molecular formula is C18H12Cl2N2O. The smallest absolute Gasteiger partial charge is 0.267 e. The first-order valence-corrected chi connectivity index (χ1v) is 7.67. The van der Waals surface area contributed by atoms with Crippen molar-refractivity contribution in [2.75, 3.05) is 0 Å². The molecule has 3 aromatic carbocycles. The van der Waals surface area contributed by atoms with Crippen LogP contribution in [0.4, 0.5) is 0 Å². The average molecular weight is 343 g/mol. The average Bonchev–Trinajstić information content (AvgIpc) is 2.57. The predicted molar refractivity (Wildman–Crippen MR) is 95.5 cm³/mol. The third-order valence-corrected chi connectivity index (χ3v) is 4.10. The normalized spacial score (nSPS) is 11.0. The van der Waals surface area contributed by atoms with Crippen molar-refractivity contribution in [1.82, 2.24) is 5.43 Å². The largest absolute Gasteiger partial charge is 0.271 e. The molecule has 0 atom stereocenters. The van der Waals surface area contributed by atoms with Crippen LogP contribution in [0, 0.1) is 0 Å². The molecule has 0 heterocycles. The van der Waals surface area contributed by atoms with Gasteiger partial charge in [-0.3, -0.25) is 4.79 Å². The van der Waals surface area contributed by atoms with E-state index < -0.39 is 0 Å². The summed E-state index contributed by atoms with van der Waals surface area (Å²) in [5.41, 5.74) is 3.85. The van der Waals surface area contributed by atoms with Crippen LogP contribution in [0.5, 0.6) is 0 Å². The maximum atomic E-state index is 12.3. The van der Waals surface area contributed by atoms with Crippen LogP contribution in [0.1, 0.15) is 15.9 Å². The number of amides is 1. The van der Waals surface area contributed by atoms with E-state index in [2.05, 4.69) is 10.5 Å². The summed E-state index contributed by atoms with van der Waals surface area (Å²) in [6.45, 7) is 0. The van der Waals surface area contributed by atoms with Gasteiger partial charge in [-0.1, -0.05) is 65.7 Å². The van der Waals surface area contributed by atoms with Gasteiger partial charge in [-0.15, -0.1) is 0 Å². The molecule has 0 aliphatic carbocycles. The number of rotatable bonds is 3. The van der Waals surface area contributed by atoms with Crippen molar-refractivity contribution in [3.05, 3.63) is 81.8 Å². The van der Waals surface area contributed by atoms with Gasteiger partial charge in [-0.05, 0) is 34.5 Å². The van der Waals surface area contributed by atoms with E-state index >= 15 is 0 Å². The molecule has 1 N–H and O–H groups in total. The van der Waals surface area contributed by atoms with E-state index in [4.69, 9.17) is 23.2 Å². The molecule has 0 saturated carbocycles. The van der Waals surface area contributed by atoms with Gasteiger partial charge in [0.1, 0.15) is 0 Å². The van der Waals surface area contributed by atoms with Crippen molar-refractivity contribution in [2.24, 2.45) is 5.10 Å². The first-order chi connectivity index (χ1) is 11.1. The van der Waals surface area contributed by atoms with Crippen LogP contribution < -0.4 is 5.43 Å². The van der Waals surface area contributed by atoms with Gasteiger partial charge < -0.3 is 0 Å². The Morgan fingerprint density at radius 2 is 1.74 bits per heavy atom. The van der Waals surface area contributed by atoms with Crippen LogP contribution in [0.25, 0.3) is 10.8 Å². The second-order valence-corrected chi connectivity index (χ2v) is 5.71. The zero-order chi connectivity index (χ0) is 16.2. The SMILES string of the molecule is O=C(N/N=C/c1ccc(Cl)c(Cl)c1)c1cccc2ccccc12. The van der Waals surface area contributed by atoms with E-state index in [1.54, 1.807) is 24.3 Å². The van der Waals surface area contributed by atoms with Crippen molar-refractivity contribution in [3.63, 3.8) is 0 Å². The van der Waals surface area contributed by atoms with Crippen LogP contribution in [-0.2, 0) is 0 Å². The number of hydrazone groups is 1. The van der Waals surface area contributed by atoms with Gasteiger partial charge in [-0.25, -0.2) is 5.43 Å². The fraction of sp³-hybridized carbons (Fsp3) is 0. The maximum absolute atomic E-state index is 12.3. The number of carbonyl (C=O) groups is 1. The minimum atomic E-state index is -0.266. The zero-order valence-corrected chi connectivity index (χ0v) is 13.5. The number of benzene rings is 3. The lowest BCUT2D eigenvalue weighted by atomic mass is 10.0. The Hall–Kier alpha value is -2.36. The van der Waals surface area contributed by atoms with Gasteiger partial charge in [0.25, 0.3) is 5.91 Å². The molecule has 0 aromatic heterocycles. The van der Waals surface area contributed by atoms with Crippen molar-refractivity contribution >= 4 is 46.1 Å². The van der Waals surface area contributed by atoms with Crippen LogP contribution in [-0.4, -0.2) is 12.1 Å². The van der Waals surface area contributed by atoms with Crippen molar-refractivity contribution in [1.29, 1.82) is 0 Å². The summed E-state index contributed by atoms with van der Waals surface area (Å²) in [6, 6.07) is 18.4. The summed E-state index contributed by atoms with van der Waals surface area (Å²) in [5.74, 6) is -0.266. The van der Waals surface area contributed by atoms with Crippen LogP contribution in [0.15, 0.2) is 65.8 Å². The van der Waals surface area contributed by atoms with Crippen LogP contribution in [0.2, 0.25) is 10.0 Å². The summed E-state index contributed by atoms with van der Waals surface area (Å²) in [6.07, 6.45) is 1.52. The highest BCUT2D eigenvalue weighted by molar-refractivity contribution is 6.42. The second kappa shape index (κ2) is 6.82. The molecule has 0 saturated heterocycles. The van der Waals surface area contributed by atoms with Crippen molar-refractivity contribution in [2.45, 2.75) is 0 Å². The van der Waals surface area contributed by atoms with Gasteiger partial charge >= 0.3 is 0 Å². The van der Waals surface area contributed by atoms with E-state index in [0.29, 0.717) is 15.6 Å². The Bertz CT molecular complexity index is 901.